The topological polar surface area (TPSA) is 108 Å². The molecule has 0 aromatic heterocycles. The fourth-order valence-electron chi connectivity index (χ4n) is 5.01. The third kappa shape index (κ3) is 4.99. The van der Waals surface area contributed by atoms with E-state index in [1.165, 1.54) is 6.92 Å². The van der Waals surface area contributed by atoms with E-state index in [0.29, 0.717) is 31.6 Å². The number of nitrogens with one attached hydrogen (secondary N) is 3. The zero-order chi connectivity index (χ0) is 24.3. The first-order valence-electron chi connectivity index (χ1n) is 12.1. The number of benzene rings is 1. The molecule has 2 amide bonds. The van der Waals surface area contributed by atoms with Gasteiger partial charge in [0.05, 0.1) is 11.2 Å². The number of amides is 2. The summed E-state index contributed by atoms with van der Waals surface area (Å²) in [5.41, 5.74) is -0.120. The Morgan fingerprint density at radius 2 is 1.97 bits per heavy atom. The number of anilines is 1. The lowest BCUT2D eigenvalue weighted by atomic mass is 10.1. The van der Waals surface area contributed by atoms with Gasteiger partial charge in [0.15, 0.2) is 0 Å². The third-order valence-electron chi connectivity index (χ3n) is 7.02. The molecule has 0 spiro atoms. The van der Waals surface area contributed by atoms with Gasteiger partial charge in [-0.1, -0.05) is 37.3 Å². The first-order valence-corrected chi connectivity index (χ1v) is 13.5. The lowest BCUT2D eigenvalue weighted by molar-refractivity contribution is -0.137. The number of hydrogen-bond donors (Lipinski definition) is 3. The smallest absolute Gasteiger partial charge is 0.263 e. The molecule has 1 aliphatic carbocycles. The first-order chi connectivity index (χ1) is 16.2. The molecule has 4 rings (SSSR count). The van der Waals surface area contributed by atoms with Crippen LogP contribution in [0.15, 0.2) is 53.6 Å². The summed E-state index contributed by atoms with van der Waals surface area (Å²) in [4.78, 5) is 26.9. The Bertz CT molecular complexity index is 1100. The second-order valence-electron chi connectivity index (χ2n) is 9.43. The second kappa shape index (κ2) is 9.82. The van der Waals surface area contributed by atoms with E-state index in [4.69, 9.17) is 0 Å². The highest BCUT2D eigenvalue weighted by atomic mass is 32.2. The molecule has 2 fully saturated rings. The maximum atomic E-state index is 13.3. The van der Waals surface area contributed by atoms with Crippen LogP contribution in [0.3, 0.4) is 0 Å². The number of rotatable bonds is 2. The molecule has 1 saturated carbocycles. The number of allylic oxidation sites excluding steroid dienone is 1. The average Bonchev–Trinajstić information content (AvgIpc) is 3.25. The molecule has 0 bridgehead atoms. The Hall–Kier alpha value is -2.81. The van der Waals surface area contributed by atoms with Crippen LogP contribution >= 0.6 is 0 Å². The van der Waals surface area contributed by atoms with Gasteiger partial charge in [-0.15, -0.1) is 0 Å². The van der Waals surface area contributed by atoms with E-state index in [-0.39, 0.29) is 28.3 Å². The van der Waals surface area contributed by atoms with Crippen molar-refractivity contribution in [2.24, 2.45) is 5.92 Å². The third-order valence-corrected chi connectivity index (χ3v) is 8.48. The van der Waals surface area contributed by atoms with Gasteiger partial charge in [0, 0.05) is 31.6 Å². The van der Waals surface area contributed by atoms with E-state index in [1.807, 2.05) is 0 Å². The fraction of sp³-hybridized carbons (Fsp3) is 0.520. The van der Waals surface area contributed by atoms with E-state index in [0.717, 1.165) is 32.1 Å². The lowest BCUT2D eigenvalue weighted by Crippen LogP contribution is -2.52. The van der Waals surface area contributed by atoms with Gasteiger partial charge in [0.2, 0.25) is 11.8 Å². The minimum Gasteiger partial charge on any atom is -0.384 e. The van der Waals surface area contributed by atoms with E-state index >= 15 is 0 Å². The largest absolute Gasteiger partial charge is 0.384 e. The Kier molecular flexibility index (Phi) is 7.02. The number of fused-ring (bicyclic) bond motifs is 2. The molecule has 2 aliphatic heterocycles. The number of nitrogens with zero attached hydrogens (tertiary/aromatic N) is 1. The van der Waals surface area contributed by atoms with Crippen molar-refractivity contribution < 1.29 is 18.0 Å². The SMILES string of the molecule is C=C1NS(=O)(=O)c2ccccc2NCCCCC/C=C/C2C[C@]12NC(=O)[C@@H]1CCCN1C(C)=O. The number of para-hydroxylation sites is 1. The van der Waals surface area contributed by atoms with E-state index in [1.54, 1.807) is 29.2 Å². The summed E-state index contributed by atoms with van der Waals surface area (Å²) >= 11 is 0. The number of sulfonamides is 1. The quantitative estimate of drug-likeness (QED) is 0.557. The monoisotopic (exact) mass is 486 g/mol. The van der Waals surface area contributed by atoms with Crippen molar-refractivity contribution in [2.45, 2.75) is 68.3 Å². The van der Waals surface area contributed by atoms with E-state index < -0.39 is 21.6 Å². The summed E-state index contributed by atoms with van der Waals surface area (Å²) in [6.07, 6.45) is 10.0. The summed E-state index contributed by atoms with van der Waals surface area (Å²) in [7, 11) is -3.92. The van der Waals surface area contributed by atoms with Crippen molar-refractivity contribution in [1.29, 1.82) is 0 Å². The first kappa shape index (κ1) is 24.3. The van der Waals surface area contributed by atoms with E-state index in [2.05, 4.69) is 34.1 Å². The lowest BCUT2D eigenvalue weighted by Gasteiger charge is -2.28. The molecular formula is C25H34N4O4S. The highest BCUT2D eigenvalue weighted by Gasteiger charge is 2.57. The van der Waals surface area contributed by atoms with Gasteiger partial charge < -0.3 is 15.5 Å². The Morgan fingerprint density at radius 1 is 1.18 bits per heavy atom. The van der Waals surface area contributed by atoms with Gasteiger partial charge in [-0.3, -0.25) is 14.3 Å². The number of carbonyl (C=O) groups is 2. The molecule has 8 nitrogen and oxygen atoms in total. The van der Waals surface area contributed by atoms with Crippen LogP contribution in [0.25, 0.3) is 0 Å². The van der Waals surface area contributed by atoms with E-state index in [9.17, 15) is 18.0 Å². The molecule has 3 atom stereocenters. The molecule has 0 radical (unpaired) electrons. The Balaban J connectivity index is 1.61. The van der Waals surface area contributed by atoms with Crippen molar-refractivity contribution in [3.63, 3.8) is 0 Å². The van der Waals surface area contributed by atoms with Crippen LogP contribution in [-0.4, -0.2) is 49.8 Å². The molecule has 1 saturated heterocycles. The summed E-state index contributed by atoms with van der Waals surface area (Å²) < 4.78 is 29.3. The normalized spacial score (nSPS) is 29.8. The van der Waals surface area contributed by atoms with Crippen LogP contribution in [0.4, 0.5) is 5.69 Å². The molecule has 1 aromatic carbocycles. The summed E-state index contributed by atoms with van der Waals surface area (Å²) in [6.45, 7) is 6.77. The van der Waals surface area contributed by atoms with Crippen LogP contribution in [0.2, 0.25) is 0 Å². The van der Waals surface area contributed by atoms with Crippen molar-refractivity contribution in [3.05, 3.63) is 48.7 Å². The molecule has 1 unspecified atom stereocenters. The average molecular weight is 487 g/mol. The molecule has 3 N–H and O–H groups in total. The van der Waals surface area contributed by atoms with Gasteiger partial charge in [-0.2, -0.15) is 0 Å². The zero-order valence-corrected chi connectivity index (χ0v) is 20.5. The van der Waals surface area contributed by atoms with Crippen LogP contribution in [-0.2, 0) is 19.6 Å². The zero-order valence-electron chi connectivity index (χ0n) is 19.7. The predicted octanol–water partition coefficient (Wildman–Crippen LogP) is 2.91. The van der Waals surface area contributed by atoms with Gasteiger partial charge in [-0.25, -0.2) is 8.42 Å². The number of carbonyl (C=O) groups excluding carboxylic acids is 2. The van der Waals surface area contributed by atoms with Crippen molar-refractivity contribution in [1.82, 2.24) is 14.9 Å². The minimum absolute atomic E-state index is 0.0580. The standard InChI is InChI=1S/C25H34N4O4S/c1-18-25(27-24(31)22-13-10-16-29(22)19(2)30)17-20(25)11-6-4-3-5-9-15-26-21-12-7-8-14-23(21)34(32,33)28-18/h6-8,11-12,14,20,22,26,28H,1,3-5,9-10,13,15-17H2,2H3,(H,27,31)/b11-6+/t20?,22-,25-/m0/s1. The molecule has 2 heterocycles. The highest BCUT2D eigenvalue weighted by molar-refractivity contribution is 7.89. The van der Waals surface area contributed by atoms with Crippen LogP contribution < -0.4 is 15.4 Å². The Morgan fingerprint density at radius 3 is 2.76 bits per heavy atom. The molecule has 184 valence electrons. The van der Waals surface area contributed by atoms with Crippen molar-refractivity contribution in [2.75, 3.05) is 18.4 Å². The van der Waals surface area contributed by atoms with Crippen molar-refractivity contribution in [3.8, 4) is 0 Å². The molecule has 3 aliphatic rings. The predicted molar refractivity (Wildman–Crippen MR) is 131 cm³/mol. The molecule has 9 heteroatoms. The molecule has 34 heavy (non-hydrogen) atoms. The summed E-state index contributed by atoms with van der Waals surface area (Å²) in [6, 6.07) is 6.27. The van der Waals surface area contributed by atoms with Crippen LogP contribution in [0, 0.1) is 5.92 Å². The molecular weight excluding hydrogens is 452 g/mol. The fourth-order valence-corrected chi connectivity index (χ4v) is 6.31. The van der Waals surface area contributed by atoms with Gasteiger partial charge in [0.1, 0.15) is 10.9 Å². The maximum absolute atomic E-state index is 13.3. The minimum atomic E-state index is -3.92. The second-order valence-corrected chi connectivity index (χ2v) is 11.1. The number of likely N-dealkylation sites (tertiary alicyclic amines) is 1. The van der Waals surface area contributed by atoms with Gasteiger partial charge in [-0.05, 0) is 50.7 Å². The maximum Gasteiger partial charge on any atom is 0.263 e. The number of hydrogen-bond acceptors (Lipinski definition) is 5. The highest BCUT2D eigenvalue weighted by Crippen LogP contribution is 2.49. The Labute approximate surface area is 201 Å². The summed E-state index contributed by atoms with van der Waals surface area (Å²) in [5.74, 6) is -0.450. The molecule has 1 aromatic rings. The summed E-state index contributed by atoms with van der Waals surface area (Å²) in [5, 5.41) is 6.32. The van der Waals surface area contributed by atoms with Crippen LogP contribution in [0.1, 0.15) is 51.9 Å². The van der Waals surface area contributed by atoms with Gasteiger partial charge in [0.25, 0.3) is 10.0 Å². The van der Waals surface area contributed by atoms with Crippen LogP contribution in [0.5, 0.6) is 0 Å². The van der Waals surface area contributed by atoms with Crippen molar-refractivity contribution >= 4 is 27.5 Å². The van der Waals surface area contributed by atoms with Gasteiger partial charge >= 0.3 is 0 Å².